The maximum absolute atomic E-state index is 9.14. The first-order chi connectivity index (χ1) is 4.72. The Balaban J connectivity index is 3.03. The molecule has 54 valence electrons. The van der Waals surface area contributed by atoms with Gasteiger partial charge in [0.2, 0.25) is 0 Å². The molecule has 1 aromatic heterocycles. The first-order valence-corrected chi connectivity index (χ1v) is 3.26. The van der Waals surface area contributed by atoms with Crippen molar-refractivity contribution in [3.8, 4) is 0 Å². The second kappa shape index (κ2) is 2.64. The third-order valence-electron chi connectivity index (χ3n) is 1.36. The first-order valence-electron chi connectivity index (χ1n) is 3.26. The summed E-state index contributed by atoms with van der Waals surface area (Å²) in [5.74, 6) is 0.327. The molecule has 0 fully saturated rings. The lowest BCUT2D eigenvalue weighted by atomic mass is 10.1. The molecule has 0 amide bonds. The standard InChI is InChI=1S/C7H11N2O/c1-6(2)7-3-4-8-5-9(7)10/h3-6,10H,1-2H3/q+1. The summed E-state index contributed by atoms with van der Waals surface area (Å²) in [4.78, 5) is 3.74. The Kier molecular flexibility index (Phi) is 1.85. The average molecular weight is 139 g/mol. The van der Waals surface area contributed by atoms with E-state index in [0.717, 1.165) is 10.4 Å². The molecule has 3 heteroatoms. The van der Waals surface area contributed by atoms with Crippen molar-refractivity contribution in [3.05, 3.63) is 24.3 Å². The third-order valence-corrected chi connectivity index (χ3v) is 1.36. The SMILES string of the molecule is CC(C)c1ccnc[n+]1O. The van der Waals surface area contributed by atoms with E-state index < -0.39 is 0 Å². The maximum atomic E-state index is 9.14. The van der Waals surface area contributed by atoms with Gasteiger partial charge in [-0.1, -0.05) is 23.6 Å². The second-order valence-electron chi connectivity index (χ2n) is 2.50. The van der Waals surface area contributed by atoms with Gasteiger partial charge in [-0.2, -0.15) is 0 Å². The normalized spacial score (nSPS) is 10.3. The Labute approximate surface area is 59.9 Å². The molecule has 1 aromatic rings. The van der Waals surface area contributed by atoms with Crippen molar-refractivity contribution in [2.75, 3.05) is 0 Å². The van der Waals surface area contributed by atoms with Gasteiger partial charge >= 0.3 is 6.33 Å². The Morgan fingerprint density at radius 3 is 2.70 bits per heavy atom. The van der Waals surface area contributed by atoms with Gasteiger partial charge in [0.25, 0.3) is 0 Å². The summed E-state index contributed by atoms with van der Waals surface area (Å²) in [5.41, 5.74) is 0.870. The highest BCUT2D eigenvalue weighted by atomic mass is 16.5. The monoisotopic (exact) mass is 139 g/mol. The molecule has 0 aliphatic rings. The van der Waals surface area contributed by atoms with E-state index in [9.17, 15) is 0 Å². The molecule has 0 saturated heterocycles. The molecule has 1 N–H and O–H groups in total. The van der Waals surface area contributed by atoms with E-state index in [0.29, 0.717) is 5.92 Å². The molecule has 1 rings (SSSR count). The molecule has 0 aliphatic heterocycles. The fraction of sp³-hybridized carbons (Fsp3) is 0.429. The molecular weight excluding hydrogens is 128 g/mol. The summed E-state index contributed by atoms with van der Waals surface area (Å²) in [6.07, 6.45) is 3.05. The van der Waals surface area contributed by atoms with Gasteiger partial charge in [-0.25, -0.2) is 0 Å². The Hall–Kier alpha value is -1.12. The van der Waals surface area contributed by atoms with Crippen molar-refractivity contribution in [1.29, 1.82) is 0 Å². The van der Waals surface area contributed by atoms with Crippen LogP contribution in [0.2, 0.25) is 0 Å². The number of hydrogen-bond acceptors (Lipinski definition) is 2. The topological polar surface area (TPSA) is 37.0 Å². The predicted octanol–water partition coefficient (Wildman–Crippen LogP) is 0.730. The number of hydrogen-bond donors (Lipinski definition) is 1. The molecule has 0 saturated carbocycles. The summed E-state index contributed by atoms with van der Waals surface area (Å²) in [5, 5.41) is 9.14. The quantitative estimate of drug-likeness (QED) is 0.460. The van der Waals surface area contributed by atoms with E-state index in [1.54, 1.807) is 12.3 Å². The van der Waals surface area contributed by atoms with Crippen LogP contribution in [0.15, 0.2) is 18.6 Å². The minimum Gasteiger partial charge on any atom is -0.350 e. The molecular formula is C7H11N2O+. The van der Waals surface area contributed by atoms with Crippen molar-refractivity contribution in [3.63, 3.8) is 0 Å². The van der Waals surface area contributed by atoms with Crippen LogP contribution in [0.3, 0.4) is 0 Å². The van der Waals surface area contributed by atoms with Gasteiger partial charge in [0.1, 0.15) is 6.20 Å². The Morgan fingerprint density at radius 1 is 1.60 bits per heavy atom. The molecule has 0 spiro atoms. The van der Waals surface area contributed by atoms with Crippen LogP contribution in [0.1, 0.15) is 25.5 Å². The summed E-state index contributed by atoms with van der Waals surface area (Å²) < 4.78 is 1.05. The van der Waals surface area contributed by atoms with E-state index >= 15 is 0 Å². The lowest BCUT2D eigenvalue weighted by Crippen LogP contribution is -2.35. The van der Waals surface area contributed by atoms with E-state index in [1.165, 1.54) is 6.33 Å². The molecule has 0 aromatic carbocycles. The Bertz CT molecular complexity index is 223. The Morgan fingerprint density at radius 2 is 2.30 bits per heavy atom. The minimum absolute atomic E-state index is 0.327. The highest BCUT2D eigenvalue weighted by Crippen LogP contribution is 2.05. The molecule has 10 heavy (non-hydrogen) atoms. The molecule has 0 aliphatic carbocycles. The van der Waals surface area contributed by atoms with Crippen LogP contribution >= 0.6 is 0 Å². The average Bonchev–Trinajstić information content (AvgIpc) is 1.88. The van der Waals surface area contributed by atoms with Gasteiger partial charge in [-0.15, -0.1) is 0 Å². The van der Waals surface area contributed by atoms with E-state index in [1.807, 2.05) is 13.8 Å². The van der Waals surface area contributed by atoms with E-state index in [2.05, 4.69) is 4.98 Å². The highest BCUT2D eigenvalue weighted by molar-refractivity contribution is 4.95. The van der Waals surface area contributed by atoms with Crippen LogP contribution in [0.4, 0.5) is 0 Å². The van der Waals surface area contributed by atoms with Gasteiger partial charge in [0.15, 0.2) is 5.69 Å². The fourth-order valence-corrected chi connectivity index (χ4v) is 0.821. The maximum Gasteiger partial charge on any atom is 0.324 e. The summed E-state index contributed by atoms with van der Waals surface area (Å²) in [7, 11) is 0. The zero-order valence-electron chi connectivity index (χ0n) is 6.15. The van der Waals surface area contributed by atoms with Crippen LogP contribution in [-0.4, -0.2) is 10.2 Å². The molecule has 0 bridgehead atoms. The van der Waals surface area contributed by atoms with Crippen molar-refractivity contribution in [2.45, 2.75) is 19.8 Å². The van der Waals surface area contributed by atoms with Gasteiger partial charge in [-0.05, 0) is 0 Å². The number of rotatable bonds is 1. The molecule has 0 radical (unpaired) electrons. The van der Waals surface area contributed by atoms with Gasteiger partial charge in [-0.3, -0.25) is 0 Å². The largest absolute Gasteiger partial charge is 0.350 e. The highest BCUT2D eigenvalue weighted by Gasteiger charge is 2.08. The lowest BCUT2D eigenvalue weighted by molar-refractivity contribution is -0.912. The third kappa shape index (κ3) is 1.23. The first kappa shape index (κ1) is 6.99. The molecule has 0 atom stereocenters. The second-order valence-corrected chi connectivity index (χ2v) is 2.50. The van der Waals surface area contributed by atoms with E-state index in [4.69, 9.17) is 5.21 Å². The predicted molar refractivity (Wildman–Crippen MR) is 35.7 cm³/mol. The van der Waals surface area contributed by atoms with E-state index in [-0.39, 0.29) is 0 Å². The van der Waals surface area contributed by atoms with Crippen molar-refractivity contribution in [1.82, 2.24) is 4.98 Å². The van der Waals surface area contributed by atoms with Crippen LogP contribution in [-0.2, 0) is 0 Å². The zero-order chi connectivity index (χ0) is 7.56. The van der Waals surface area contributed by atoms with Crippen LogP contribution in [0.5, 0.6) is 0 Å². The summed E-state index contributed by atoms with van der Waals surface area (Å²) in [6.45, 7) is 4.03. The zero-order valence-corrected chi connectivity index (χ0v) is 6.15. The molecule has 1 heterocycles. The lowest BCUT2D eigenvalue weighted by Gasteiger charge is -2.00. The number of nitrogens with zero attached hydrogens (tertiary/aromatic N) is 2. The van der Waals surface area contributed by atoms with Crippen LogP contribution in [0.25, 0.3) is 0 Å². The smallest absolute Gasteiger partial charge is 0.324 e. The van der Waals surface area contributed by atoms with Crippen molar-refractivity contribution in [2.24, 2.45) is 0 Å². The molecule has 3 nitrogen and oxygen atoms in total. The van der Waals surface area contributed by atoms with Crippen molar-refractivity contribution < 1.29 is 9.94 Å². The van der Waals surface area contributed by atoms with Crippen molar-refractivity contribution >= 4 is 0 Å². The van der Waals surface area contributed by atoms with Gasteiger partial charge in [0, 0.05) is 12.0 Å². The summed E-state index contributed by atoms with van der Waals surface area (Å²) >= 11 is 0. The fourth-order valence-electron chi connectivity index (χ4n) is 0.821. The van der Waals surface area contributed by atoms with Crippen LogP contribution < -0.4 is 4.73 Å². The van der Waals surface area contributed by atoms with Gasteiger partial charge in [0.05, 0.1) is 0 Å². The van der Waals surface area contributed by atoms with Gasteiger partial charge < -0.3 is 5.21 Å². The summed E-state index contributed by atoms with van der Waals surface area (Å²) in [6, 6.07) is 1.80. The molecule has 0 unspecified atom stereocenters. The minimum atomic E-state index is 0.327. The van der Waals surface area contributed by atoms with Crippen LogP contribution in [0, 0.1) is 0 Å². The number of aromatic nitrogens is 2.